The van der Waals surface area contributed by atoms with Crippen molar-refractivity contribution in [1.82, 2.24) is 19.9 Å². The summed E-state index contributed by atoms with van der Waals surface area (Å²) in [6, 6.07) is 11.9. The molecule has 6 nitrogen and oxygen atoms in total. The van der Waals surface area contributed by atoms with Gasteiger partial charge in [0.15, 0.2) is 0 Å². The Bertz CT molecular complexity index is 1090. The lowest BCUT2D eigenvalue weighted by Gasteiger charge is -2.19. The van der Waals surface area contributed by atoms with Crippen molar-refractivity contribution in [2.24, 2.45) is 0 Å². The van der Waals surface area contributed by atoms with Crippen LogP contribution in [0.5, 0.6) is 0 Å². The molecular weight excluding hydrogens is 384 g/mol. The Morgan fingerprint density at radius 1 is 0.742 bits per heavy atom. The Kier molecular flexibility index (Phi) is 6.84. The molecule has 0 fully saturated rings. The number of nitrogens with zero attached hydrogens (tertiary/aromatic N) is 4. The number of anilines is 2. The number of hydrogen-bond donors (Lipinski definition) is 2. The first-order chi connectivity index (χ1) is 14.0. The van der Waals surface area contributed by atoms with E-state index in [9.17, 15) is 0 Å². The van der Waals surface area contributed by atoms with Crippen molar-refractivity contribution in [3.05, 3.63) is 60.2 Å². The Morgan fingerprint density at radius 2 is 1.42 bits per heavy atom. The Labute approximate surface area is 185 Å². The van der Waals surface area contributed by atoms with Crippen LogP contribution in [0.3, 0.4) is 0 Å². The minimum absolute atomic E-state index is 0. The molecule has 0 saturated carbocycles. The summed E-state index contributed by atoms with van der Waals surface area (Å²) >= 11 is 0. The average Bonchev–Trinajstić information content (AvgIpc) is 2.67. The first-order valence-corrected chi connectivity index (χ1v) is 9.99. The van der Waals surface area contributed by atoms with Crippen LogP contribution in [-0.2, 0) is 10.8 Å². The smallest absolute Gasteiger partial charge is 0.134 e. The van der Waals surface area contributed by atoms with Gasteiger partial charge in [-0.3, -0.25) is 4.98 Å². The predicted molar refractivity (Wildman–Crippen MR) is 132 cm³/mol. The normalized spacial score (nSPS) is 11.5. The maximum Gasteiger partial charge on any atom is 0.134 e. The summed E-state index contributed by atoms with van der Waals surface area (Å²) in [6.07, 6.45) is 3.20. The van der Waals surface area contributed by atoms with E-state index >= 15 is 0 Å². The molecule has 0 spiro atoms. The highest BCUT2D eigenvalue weighted by Crippen LogP contribution is 2.27. The molecule has 0 radical (unpaired) electrons. The largest absolute Gasteiger partial charge is 0.397 e. The average molecular weight is 419 g/mol. The molecule has 0 atom stereocenters. The van der Waals surface area contributed by atoms with Crippen molar-refractivity contribution < 1.29 is 0 Å². The molecule has 4 rings (SSSR count). The molecule has 0 saturated heterocycles. The Morgan fingerprint density at radius 3 is 2.06 bits per heavy atom. The molecule has 4 aromatic rings. The van der Waals surface area contributed by atoms with E-state index in [1.54, 1.807) is 12.3 Å². The summed E-state index contributed by atoms with van der Waals surface area (Å²) < 4.78 is 0. The maximum absolute atomic E-state index is 5.87. The molecule has 0 amide bonds. The summed E-state index contributed by atoms with van der Waals surface area (Å²) in [7, 11) is 0. The molecule has 0 bridgehead atoms. The van der Waals surface area contributed by atoms with Crippen LogP contribution >= 0.6 is 0 Å². The lowest BCUT2D eigenvalue weighted by atomic mass is 9.86. The third-order valence-corrected chi connectivity index (χ3v) is 4.92. The number of nitrogens with two attached hydrogens (primary N) is 2. The Balaban J connectivity index is 0.000000213. The van der Waals surface area contributed by atoms with Crippen LogP contribution < -0.4 is 11.5 Å². The molecule has 0 aliphatic rings. The fraction of sp³-hybridized carbons (Fsp3) is 0.360. The molecule has 1 aromatic carbocycles. The fourth-order valence-corrected chi connectivity index (χ4v) is 3.01. The van der Waals surface area contributed by atoms with Crippen LogP contribution in [0.25, 0.3) is 21.9 Å². The van der Waals surface area contributed by atoms with Crippen LogP contribution in [0.1, 0.15) is 60.2 Å². The Hall–Kier alpha value is -3.28. The molecular formula is C25H34N6. The molecule has 0 unspecified atom stereocenters. The molecule has 0 aliphatic carbocycles. The molecule has 6 heteroatoms. The van der Waals surface area contributed by atoms with Gasteiger partial charge >= 0.3 is 0 Å². The monoisotopic (exact) mass is 418 g/mol. The number of fused-ring (bicyclic) bond motifs is 2. The van der Waals surface area contributed by atoms with E-state index in [1.807, 2.05) is 18.2 Å². The van der Waals surface area contributed by atoms with Crippen molar-refractivity contribution in [2.75, 3.05) is 11.5 Å². The summed E-state index contributed by atoms with van der Waals surface area (Å²) in [6.45, 7) is 12.9. The van der Waals surface area contributed by atoms with E-state index in [0.29, 0.717) is 11.5 Å². The van der Waals surface area contributed by atoms with Gasteiger partial charge in [-0.25, -0.2) is 15.0 Å². The van der Waals surface area contributed by atoms with Crippen LogP contribution in [0, 0.1) is 0 Å². The third kappa shape index (κ3) is 5.45. The van der Waals surface area contributed by atoms with Gasteiger partial charge in [0.25, 0.3) is 0 Å². The topological polar surface area (TPSA) is 104 Å². The summed E-state index contributed by atoms with van der Waals surface area (Å²) in [5.74, 6) is 0.547. The number of pyridine rings is 2. The number of benzene rings is 1. The number of hydrogen-bond acceptors (Lipinski definition) is 6. The fourth-order valence-electron chi connectivity index (χ4n) is 3.01. The minimum Gasteiger partial charge on any atom is -0.397 e. The number of rotatable bonds is 0. The molecule has 164 valence electrons. The van der Waals surface area contributed by atoms with E-state index in [4.69, 9.17) is 11.5 Å². The van der Waals surface area contributed by atoms with Gasteiger partial charge in [-0.05, 0) is 41.3 Å². The maximum atomic E-state index is 5.87. The van der Waals surface area contributed by atoms with Gasteiger partial charge in [-0.15, -0.1) is 0 Å². The lowest BCUT2D eigenvalue weighted by molar-refractivity contribution is 0.571. The zero-order valence-electron chi connectivity index (χ0n) is 18.6. The number of aromatic nitrogens is 4. The summed E-state index contributed by atoms with van der Waals surface area (Å²) in [5, 5.41) is 0.935. The second-order valence-electron chi connectivity index (χ2n) is 9.46. The summed E-state index contributed by atoms with van der Waals surface area (Å²) in [5.41, 5.74) is 17.4. The molecule has 3 aromatic heterocycles. The number of nitrogen functional groups attached to an aromatic ring is 2. The van der Waals surface area contributed by atoms with E-state index in [0.717, 1.165) is 27.6 Å². The van der Waals surface area contributed by atoms with E-state index < -0.39 is 0 Å². The SMILES string of the molecule is C.CC(C)(C)c1ccc2nccc(N)c2n1.CC(C)(C)c1ccc2ncnc(N)c2c1. The van der Waals surface area contributed by atoms with Gasteiger partial charge in [0, 0.05) is 22.7 Å². The zero-order valence-corrected chi connectivity index (χ0v) is 18.6. The lowest BCUT2D eigenvalue weighted by Crippen LogP contribution is -2.13. The van der Waals surface area contributed by atoms with Gasteiger partial charge in [0.05, 0.1) is 16.7 Å². The van der Waals surface area contributed by atoms with Gasteiger partial charge in [0.2, 0.25) is 0 Å². The third-order valence-electron chi connectivity index (χ3n) is 4.92. The van der Waals surface area contributed by atoms with Gasteiger partial charge in [-0.1, -0.05) is 55.0 Å². The molecule has 3 heterocycles. The zero-order chi connectivity index (χ0) is 22.1. The predicted octanol–water partition coefficient (Wildman–Crippen LogP) is 5.66. The van der Waals surface area contributed by atoms with Gasteiger partial charge in [0.1, 0.15) is 17.7 Å². The first kappa shape index (κ1) is 24.0. The van der Waals surface area contributed by atoms with Gasteiger partial charge < -0.3 is 11.5 Å². The van der Waals surface area contributed by atoms with Crippen LogP contribution in [0.4, 0.5) is 11.5 Å². The second kappa shape index (κ2) is 8.84. The first-order valence-electron chi connectivity index (χ1n) is 9.99. The van der Waals surface area contributed by atoms with E-state index in [-0.39, 0.29) is 18.3 Å². The van der Waals surface area contributed by atoms with Crippen LogP contribution in [-0.4, -0.2) is 19.9 Å². The van der Waals surface area contributed by atoms with Crippen molar-refractivity contribution in [1.29, 1.82) is 0 Å². The van der Waals surface area contributed by atoms with Crippen LogP contribution in [0.2, 0.25) is 0 Å². The van der Waals surface area contributed by atoms with Crippen LogP contribution in [0.15, 0.2) is 48.9 Å². The van der Waals surface area contributed by atoms with Gasteiger partial charge in [-0.2, -0.15) is 0 Å². The highest BCUT2D eigenvalue weighted by Gasteiger charge is 2.16. The quantitative estimate of drug-likeness (QED) is 0.382. The molecule has 31 heavy (non-hydrogen) atoms. The molecule has 4 N–H and O–H groups in total. The van der Waals surface area contributed by atoms with Crippen molar-refractivity contribution in [3.63, 3.8) is 0 Å². The standard InChI is InChI=1S/2C12H15N3.CH4/c1-12(2,3)8-4-5-10-9(6-8)11(13)15-7-14-10;1-12(2,3)10-5-4-9-11(15-10)8(13)6-7-14-9;/h4-7H,1-3H3,(H2,13,14,15);4-7H,1-3H3,(H2,13,14);1H4. The highest BCUT2D eigenvalue weighted by molar-refractivity contribution is 5.88. The minimum atomic E-state index is 0. The van der Waals surface area contributed by atoms with E-state index in [2.05, 4.69) is 73.6 Å². The van der Waals surface area contributed by atoms with Crippen molar-refractivity contribution in [2.45, 2.75) is 59.8 Å². The highest BCUT2D eigenvalue weighted by atomic mass is 14.9. The van der Waals surface area contributed by atoms with E-state index in [1.165, 1.54) is 11.9 Å². The van der Waals surface area contributed by atoms with Crippen molar-refractivity contribution in [3.8, 4) is 0 Å². The van der Waals surface area contributed by atoms with Crippen molar-refractivity contribution >= 4 is 33.4 Å². The summed E-state index contributed by atoms with van der Waals surface area (Å²) in [4.78, 5) is 17.0. The molecule has 0 aliphatic heterocycles. The second-order valence-corrected chi connectivity index (χ2v) is 9.46.